The van der Waals surface area contributed by atoms with Crippen LogP contribution in [0.3, 0.4) is 0 Å². The van der Waals surface area contributed by atoms with Gasteiger partial charge in [0.15, 0.2) is 11.0 Å². The minimum atomic E-state index is 0.567. The molecule has 1 aromatic rings. The lowest BCUT2D eigenvalue weighted by Gasteiger charge is -2.41. The number of nitrogens with zero attached hydrogens (tertiary/aromatic N) is 5. The third-order valence-corrected chi connectivity index (χ3v) is 4.93. The number of ether oxygens (including phenoxy) is 1. The van der Waals surface area contributed by atoms with Gasteiger partial charge in [-0.1, -0.05) is 11.8 Å². The zero-order valence-electron chi connectivity index (χ0n) is 12.9. The van der Waals surface area contributed by atoms with Crippen molar-refractivity contribution in [2.75, 3.05) is 50.5 Å². The van der Waals surface area contributed by atoms with Crippen molar-refractivity contribution in [1.82, 2.24) is 14.9 Å². The van der Waals surface area contributed by atoms with Crippen molar-refractivity contribution in [3.8, 4) is 6.07 Å². The summed E-state index contributed by atoms with van der Waals surface area (Å²) in [5, 5.41) is 10.0. The average Bonchev–Trinajstić information content (AvgIpc) is 2.62. The summed E-state index contributed by atoms with van der Waals surface area (Å²) >= 11 is 1.51. The Morgan fingerprint density at radius 1 is 1.27 bits per heavy atom. The van der Waals surface area contributed by atoms with E-state index in [0.717, 1.165) is 63.2 Å². The maximum Gasteiger partial charge on any atom is 0.189 e. The molecule has 0 saturated carbocycles. The van der Waals surface area contributed by atoms with Crippen molar-refractivity contribution < 1.29 is 4.74 Å². The lowest BCUT2D eigenvalue weighted by molar-refractivity contribution is 0.0321. The van der Waals surface area contributed by atoms with E-state index in [1.165, 1.54) is 11.8 Å². The van der Waals surface area contributed by atoms with Crippen LogP contribution >= 0.6 is 11.8 Å². The van der Waals surface area contributed by atoms with Crippen molar-refractivity contribution >= 4 is 17.6 Å². The number of aromatic nitrogens is 2. The molecule has 7 heteroatoms. The first-order chi connectivity index (χ1) is 10.8. The molecule has 0 radical (unpaired) electrons. The van der Waals surface area contributed by atoms with E-state index >= 15 is 0 Å². The predicted molar refractivity (Wildman–Crippen MR) is 86.2 cm³/mol. The van der Waals surface area contributed by atoms with E-state index in [1.54, 1.807) is 6.20 Å². The maximum absolute atomic E-state index is 9.28. The first-order valence-electron chi connectivity index (χ1n) is 7.69. The highest BCUT2D eigenvalue weighted by molar-refractivity contribution is 7.98. The van der Waals surface area contributed by atoms with Gasteiger partial charge in [0.2, 0.25) is 0 Å². The van der Waals surface area contributed by atoms with Crippen molar-refractivity contribution in [1.29, 1.82) is 5.26 Å². The summed E-state index contributed by atoms with van der Waals surface area (Å²) in [6.07, 6.45) is 5.86. The van der Waals surface area contributed by atoms with Crippen molar-refractivity contribution in [3.63, 3.8) is 0 Å². The number of anilines is 1. The summed E-state index contributed by atoms with van der Waals surface area (Å²) in [7, 11) is 0. The molecule has 0 spiro atoms. The fourth-order valence-electron chi connectivity index (χ4n) is 3.12. The van der Waals surface area contributed by atoms with Gasteiger partial charge in [0, 0.05) is 45.4 Å². The summed E-state index contributed by atoms with van der Waals surface area (Å²) in [6, 6.07) is 2.86. The van der Waals surface area contributed by atoms with E-state index in [-0.39, 0.29) is 0 Å². The highest BCUT2D eigenvalue weighted by Crippen LogP contribution is 2.23. The summed E-state index contributed by atoms with van der Waals surface area (Å²) in [5.74, 6) is 0.786. The van der Waals surface area contributed by atoms with E-state index in [0.29, 0.717) is 11.6 Å². The Balaban J connectivity index is 1.67. The third kappa shape index (κ3) is 3.35. The Labute approximate surface area is 135 Å². The molecule has 2 saturated heterocycles. The Bertz CT molecular complexity index is 547. The van der Waals surface area contributed by atoms with E-state index in [9.17, 15) is 5.26 Å². The second-order valence-electron chi connectivity index (χ2n) is 5.57. The van der Waals surface area contributed by atoms with Gasteiger partial charge in [-0.05, 0) is 19.1 Å². The number of rotatable bonds is 3. The number of hydrogen-bond acceptors (Lipinski definition) is 7. The normalized spacial score (nSPS) is 20.8. The Morgan fingerprint density at radius 2 is 2.00 bits per heavy atom. The second-order valence-corrected chi connectivity index (χ2v) is 6.35. The smallest absolute Gasteiger partial charge is 0.189 e. The van der Waals surface area contributed by atoms with Gasteiger partial charge in [-0.2, -0.15) is 5.26 Å². The van der Waals surface area contributed by atoms with Crippen LogP contribution in [0.2, 0.25) is 0 Å². The molecule has 6 nitrogen and oxygen atoms in total. The van der Waals surface area contributed by atoms with Gasteiger partial charge < -0.3 is 9.64 Å². The molecule has 0 aliphatic carbocycles. The standard InChI is InChI=1S/C15H21N5OS/c1-22-15-17-11-12(10-16)14(18-15)20-6-4-19(5-7-20)13-2-8-21-9-3-13/h11,13H,2-9H2,1H3. The molecule has 2 aliphatic rings. The molecule has 0 atom stereocenters. The molecule has 0 bridgehead atoms. The fraction of sp³-hybridized carbons (Fsp3) is 0.667. The zero-order valence-corrected chi connectivity index (χ0v) is 13.7. The zero-order chi connectivity index (χ0) is 15.4. The molecule has 0 amide bonds. The highest BCUT2D eigenvalue weighted by Gasteiger charge is 2.27. The van der Waals surface area contributed by atoms with Crippen molar-refractivity contribution in [2.24, 2.45) is 0 Å². The number of nitriles is 1. The van der Waals surface area contributed by atoms with Crippen LogP contribution in [0, 0.1) is 11.3 Å². The largest absolute Gasteiger partial charge is 0.381 e. The minimum Gasteiger partial charge on any atom is -0.381 e. The van der Waals surface area contributed by atoms with Gasteiger partial charge >= 0.3 is 0 Å². The lowest BCUT2D eigenvalue weighted by atomic mass is 10.1. The fourth-order valence-corrected chi connectivity index (χ4v) is 3.46. The van der Waals surface area contributed by atoms with Crippen LogP contribution in [0.4, 0.5) is 5.82 Å². The van der Waals surface area contributed by atoms with Crippen LogP contribution in [-0.4, -0.2) is 66.6 Å². The van der Waals surface area contributed by atoms with E-state index in [1.807, 2.05) is 6.26 Å². The minimum absolute atomic E-state index is 0.567. The molecular weight excluding hydrogens is 298 g/mol. The molecule has 2 aliphatic heterocycles. The van der Waals surface area contributed by atoms with E-state index in [4.69, 9.17) is 4.74 Å². The summed E-state index contributed by atoms with van der Waals surface area (Å²) in [6.45, 7) is 5.63. The summed E-state index contributed by atoms with van der Waals surface area (Å²) in [5.41, 5.74) is 0.567. The van der Waals surface area contributed by atoms with Crippen LogP contribution in [0.5, 0.6) is 0 Å². The quantitative estimate of drug-likeness (QED) is 0.616. The Kier molecular flexibility index (Phi) is 5.13. The van der Waals surface area contributed by atoms with Crippen LogP contribution in [0.15, 0.2) is 11.4 Å². The van der Waals surface area contributed by atoms with Crippen LogP contribution in [0.1, 0.15) is 18.4 Å². The third-order valence-electron chi connectivity index (χ3n) is 4.37. The topological polar surface area (TPSA) is 65.3 Å². The monoisotopic (exact) mass is 319 g/mol. The maximum atomic E-state index is 9.28. The molecule has 0 N–H and O–H groups in total. The average molecular weight is 319 g/mol. The van der Waals surface area contributed by atoms with Crippen LogP contribution in [-0.2, 0) is 4.74 Å². The summed E-state index contributed by atoms with van der Waals surface area (Å²) < 4.78 is 5.44. The molecule has 22 heavy (non-hydrogen) atoms. The van der Waals surface area contributed by atoms with Crippen molar-refractivity contribution in [2.45, 2.75) is 24.0 Å². The lowest BCUT2D eigenvalue weighted by Crippen LogP contribution is -2.52. The van der Waals surface area contributed by atoms with E-state index in [2.05, 4.69) is 25.8 Å². The number of thioether (sulfide) groups is 1. The first-order valence-corrected chi connectivity index (χ1v) is 8.92. The second kappa shape index (κ2) is 7.27. The Morgan fingerprint density at radius 3 is 2.64 bits per heavy atom. The molecule has 2 fully saturated rings. The van der Waals surface area contributed by atoms with Gasteiger partial charge in [-0.15, -0.1) is 0 Å². The van der Waals surface area contributed by atoms with Gasteiger partial charge in [-0.3, -0.25) is 4.90 Å². The van der Waals surface area contributed by atoms with Gasteiger partial charge in [0.05, 0.1) is 6.20 Å². The molecule has 118 valence electrons. The number of piperazine rings is 1. The summed E-state index contributed by atoms with van der Waals surface area (Å²) in [4.78, 5) is 13.5. The highest BCUT2D eigenvalue weighted by atomic mass is 32.2. The molecule has 1 aromatic heterocycles. The molecule has 3 heterocycles. The molecule has 3 rings (SSSR count). The molecular formula is C15H21N5OS. The van der Waals surface area contributed by atoms with Crippen molar-refractivity contribution in [3.05, 3.63) is 11.8 Å². The molecule has 0 unspecified atom stereocenters. The molecule has 0 aromatic carbocycles. The van der Waals surface area contributed by atoms with Gasteiger partial charge in [-0.25, -0.2) is 9.97 Å². The van der Waals surface area contributed by atoms with Gasteiger partial charge in [0.25, 0.3) is 0 Å². The van der Waals surface area contributed by atoms with E-state index < -0.39 is 0 Å². The van der Waals surface area contributed by atoms with Gasteiger partial charge in [0.1, 0.15) is 11.6 Å². The van der Waals surface area contributed by atoms with Crippen LogP contribution in [0.25, 0.3) is 0 Å². The van der Waals surface area contributed by atoms with Crippen LogP contribution < -0.4 is 4.90 Å². The first kappa shape index (κ1) is 15.5. The predicted octanol–water partition coefficient (Wildman–Crippen LogP) is 1.37. The SMILES string of the molecule is CSc1ncc(C#N)c(N2CCN(C3CCOCC3)CC2)n1. The number of hydrogen-bond donors (Lipinski definition) is 0. The Hall–Kier alpha value is -1.36.